The van der Waals surface area contributed by atoms with Gasteiger partial charge in [-0.2, -0.15) is 0 Å². The van der Waals surface area contributed by atoms with E-state index in [1.54, 1.807) is 0 Å². The normalized spacial score (nSPS) is 10.8. The van der Waals surface area contributed by atoms with Crippen molar-refractivity contribution in [3.63, 3.8) is 0 Å². The molecule has 0 bridgehead atoms. The number of benzene rings is 2. The van der Waals surface area contributed by atoms with Crippen molar-refractivity contribution < 1.29 is 9.94 Å². The standard InChI is InChI=1S/C15H14INO2/c1-11-2-4-12(5-3-11)10-19-15-7-6-13(9-17-18)8-14(15)16/h2-9,18H,10H2,1H3/b17-9+. The van der Waals surface area contributed by atoms with Crippen LogP contribution in [0.25, 0.3) is 0 Å². The van der Waals surface area contributed by atoms with Crippen molar-refractivity contribution in [1.82, 2.24) is 0 Å². The van der Waals surface area contributed by atoms with Crippen LogP contribution in [0.1, 0.15) is 16.7 Å². The molecule has 0 aliphatic carbocycles. The van der Waals surface area contributed by atoms with Gasteiger partial charge < -0.3 is 9.94 Å². The summed E-state index contributed by atoms with van der Waals surface area (Å²) in [6.45, 7) is 2.61. The van der Waals surface area contributed by atoms with E-state index < -0.39 is 0 Å². The first kappa shape index (κ1) is 13.9. The molecule has 1 N–H and O–H groups in total. The lowest BCUT2D eigenvalue weighted by molar-refractivity contribution is 0.304. The first-order chi connectivity index (χ1) is 9.19. The van der Waals surface area contributed by atoms with Crippen molar-refractivity contribution in [2.45, 2.75) is 13.5 Å². The number of nitrogens with zero attached hydrogens (tertiary/aromatic N) is 1. The quantitative estimate of drug-likeness (QED) is 0.384. The van der Waals surface area contributed by atoms with Crippen LogP contribution in [0, 0.1) is 10.5 Å². The molecule has 0 spiro atoms. The van der Waals surface area contributed by atoms with E-state index in [9.17, 15) is 0 Å². The molecule has 2 aromatic carbocycles. The Morgan fingerprint density at radius 1 is 1.21 bits per heavy atom. The molecule has 0 unspecified atom stereocenters. The average Bonchev–Trinajstić information content (AvgIpc) is 2.40. The van der Waals surface area contributed by atoms with Gasteiger partial charge in [0.25, 0.3) is 0 Å². The van der Waals surface area contributed by atoms with Crippen molar-refractivity contribution >= 4 is 28.8 Å². The third-order valence-corrected chi connectivity index (χ3v) is 3.52. The van der Waals surface area contributed by atoms with Gasteiger partial charge in [0.1, 0.15) is 12.4 Å². The van der Waals surface area contributed by atoms with Gasteiger partial charge in [-0.05, 0) is 58.8 Å². The summed E-state index contributed by atoms with van der Waals surface area (Å²) in [7, 11) is 0. The Bertz CT molecular complexity index is 579. The van der Waals surface area contributed by atoms with Gasteiger partial charge in [-0.3, -0.25) is 0 Å². The fourth-order valence-corrected chi connectivity index (χ4v) is 2.32. The predicted octanol–water partition coefficient (Wildman–Crippen LogP) is 3.99. The molecule has 19 heavy (non-hydrogen) atoms. The first-order valence-electron chi connectivity index (χ1n) is 5.84. The lowest BCUT2D eigenvalue weighted by Crippen LogP contribution is -1.97. The zero-order chi connectivity index (χ0) is 13.7. The minimum absolute atomic E-state index is 0.545. The van der Waals surface area contributed by atoms with Gasteiger partial charge in [-0.15, -0.1) is 0 Å². The molecule has 0 saturated carbocycles. The van der Waals surface area contributed by atoms with Gasteiger partial charge in [0, 0.05) is 0 Å². The Balaban J connectivity index is 2.05. The van der Waals surface area contributed by atoms with Crippen LogP contribution in [-0.2, 0) is 6.61 Å². The maximum Gasteiger partial charge on any atom is 0.133 e. The Morgan fingerprint density at radius 3 is 2.58 bits per heavy atom. The largest absolute Gasteiger partial charge is 0.488 e. The lowest BCUT2D eigenvalue weighted by atomic mass is 10.2. The van der Waals surface area contributed by atoms with Crippen molar-refractivity contribution in [3.8, 4) is 5.75 Å². The molecular weight excluding hydrogens is 353 g/mol. The molecule has 0 amide bonds. The molecule has 0 aliphatic rings. The molecule has 2 aromatic rings. The second kappa shape index (κ2) is 6.56. The lowest BCUT2D eigenvalue weighted by Gasteiger charge is -2.09. The number of rotatable bonds is 4. The highest BCUT2D eigenvalue weighted by Gasteiger charge is 2.02. The molecule has 0 aliphatic heterocycles. The molecule has 0 fully saturated rings. The molecule has 3 nitrogen and oxygen atoms in total. The maximum atomic E-state index is 8.49. The molecule has 0 saturated heterocycles. The van der Waals surface area contributed by atoms with Crippen LogP contribution in [0.4, 0.5) is 0 Å². The smallest absolute Gasteiger partial charge is 0.133 e. The van der Waals surface area contributed by atoms with Crippen LogP contribution >= 0.6 is 22.6 Å². The van der Waals surface area contributed by atoms with Crippen LogP contribution in [0.5, 0.6) is 5.75 Å². The molecule has 4 heteroatoms. The van der Waals surface area contributed by atoms with Gasteiger partial charge in [0.15, 0.2) is 0 Å². The van der Waals surface area contributed by atoms with E-state index in [2.05, 4.69) is 58.9 Å². The van der Waals surface area contributed by atoms with Crippen molar-refractivity contribution in [2.75, 3.05) is 0 Å². The van der Waals surface area contributed by atoms with Crippen LogP contribution in [0.2, 0.25) is 0 Å². The Labute approximate surface area is 126 Å². The van der Waals surface area contributed by atoms with E-state index in [1.807, 2.05) is 18.2 Å². The van der Waals surface area contributed by atoms with E-state index in [1.165, 1.54) is 11.8 Å². The fourth-order valence-electron chi connectivity index (χ4n) is 1.63. The molecule has 0 heterocycles. The number of ether oxygens (including phenoxy) is 1. The van der Waals surface area contributed by atoms with E-state index in [0.29, 0.717) is 6.61 Å². The summed E-state index contributed by atoms with van der Waals surface area (Å²) in [5, 5.41) is 11.5. The van der Waals surface area contributed by atoms with Crippen molar-refractivity contribution in [2.24, 2.45) is 5.16 Å². The zero-order valence-corrected chi connectivity index (χ0v) is 12.7. The van der Waals surface area contributed by atoms with Crippen LogP contribution < -0.4 is 4.74 Å². The summed E-state index contributed by atoms with van der Waals surface area (Å²) < 4.78 is 6.77. The third-order valence-electron chi connectivity index (χ3n) is 2.68. The van der Waals surface area contributed by atoms with Gasteiger partial charge in [-0.1, -0.05) is 35.0 Å². The summed E-state index contributed by atoms with van der Waals surface area (Å²) in [6, 6.07) is 13.9. The number of hydrogen-bond acceptors (Lipinski definition) is 3. The SMILES string of the molecule is Cc1ccc(COc2ccc(/C=N/O)cc2I)cc1. The van der Waals surface area contributed by atoms with Gasteiger partial charge in [0.05, 0.1) is 9.78 Å². The highest BCUT2D eigenvalue weighted by molar-refractivity contribution is 14.1. The van der Waals surface area contributed by atoms with Crippen LogP contribution in [0.3, 0.4) is 0 Å². The minimum atomic E-state index is 0.545. The zero-order valence-electron chi connectivity index (χ0n) is 10.5. The van der Waals surface area contributed by atoms with Crippen LogP contribution in [0.15, 0.2) is 47.6 Å². The van der Waals surface area contributed by atoms with Gasteiger partial charge in [0.2, 0.25) is 0 Å². The fraction of sp³-hybridized carbons (Fsp3) is 0.133. The number of aryl methyl sites for hydroxylation is 1. The highest BCUT2D eigenvalue weighted by atomic mass is 127. The monoisotopic (exact) mass is 367 g/mol. The average molecular weight is 367 g/mol. The van der Waals surface area contributed by atoms with Gasteiger partial charge in [-0.25, -0.2) is 0 Å². The predicted molar refractivity (Wildman–Crippen MR) is 84.1 cm³/mol. The third kappa shape index (κ3) is 3.96. The topological polar surface area (TPSA) is 41.8 Å². The van der Waals surface area contributed by atoms with E-state index >= 15 is 0 Å². The second-order valence-corrected chi connectivity index (χ2v) is 5.37. The maximum absolute atomic E-state index is 8.49. The first-order valence-corrected chi connectivity index (χ1v) is 6.92. The van der Waals surface area contributed by atoms with Gasteiger partial charge >= 0.3 is 0 Å². The van der Waals surface area contributed by atoms with Crippen molar-refractivity contribution in [1.29, 1.82) is 0 Å². The molecule has 98 valence electrons. The summed E-state index contributed by atoms with van der Waals surface area (Å²) in [6.07, 6.45) is 1.39. The second-order valence-electron chi connectivity index (χ2n) is 4.21. The van der Waals surface area contributed by atoms with Crippen LogP contribution in [-0.4, -0.2) is 11.4 Å². The number of hydrogen-bond donors (Lipinski definition) is 1. The van der Waals surface area contributed by atoms with E-state index in [-0.39, 0.29) is 0 Å². The summed E-state index contributed by atoms with van der Waals surface area (Å²) >= 11 is 2.21. The molecule has 0 radical (unpaired) electrons. The Kier molecular flexibility index (Phi) is 4.79. The Morgan fingerprint density at radius 2 is 1.95 bits per heavy atom. The van der Waals surface area contributed by atoms with E-state index in [0.717, 1.165) is 20.4 Å². The molecule has 0 aromatic heterocycles. The number of oxime groups is 1. The van der Waals surface area contributed by atoms with E-state index in [4.69, 9.17) is 9.94 Å². The minimum Gasteiger partial charge on any atom is -0.488 e. The molecule has 0 atom stereocenters. The summed E-state index contributed by atoms with van der Waals surface area (Å²) in [4.78, 5) is 0. The molecule has 2 rings (SSSR count). The summed E-state index contributed by atoms with van der Waals surface area (Å²) in [5.74, 6) is 0.830. The Hall–Kier alpha value is -1.56. The number of halogens is 1. The highest BCUT2D eigenvalue weighted by Crippen LogP contribution is 2.22. The molecular formula is C15H14INO2. The van der Waals surface area contributed by atoms with Crippen molar-refractivity contribution in [3.05, 3.63) is 62.7 Å². The summed E-state index contributed by atoms with van der Waals surface area (Å²) in [5.41, 5.74) is 3.22.